The van der Waals surface area contributed by atoms with Crippen molar-refractivity contribution in [1.29, 1.82) is 0 Å². The molecule has 20 heteroatoms. The zero-order valence-corrected chi connectivity index (χ0v) is 38.1. The molecule has 1 aliphatic heterocycles. The van der Waals surface area contributed by atoms with E-state index in [1.807, 2.05) is 49.1 Å². The number of thioether (sulfide) groups is 1. The number of hydrogen-bond donors (Lipinski definition) is 3. The van der Waals surface area contributed by atoms with E-state index < -0.39 is 46.2 Å². The molecule has 0 saturated carbocycles. The van der Waals surface area contributed by atoms with Crippen molar-refractivity contribution < 1.29 is 41.4 Å². The Labute approximate surface area is 385 Å². The fourth-order valence-corrected chi connectivity index (χ4v) is 8.31. The number of hydrogen-bond acceptors (Lipinski definition) is 12. The van der Waals surface area contributed by atoms with Crippen molar-refractivity contribution in [1.82, 2.24) is 30.4 Å². The van der Waals surface area contributed by atoms with Gasteiger partial charge in [-0.25, -0.2) is 27.5 Å². The van der Waals surface area contributed by atoms with Crippen molar-refractivity contribution in [2.24, 2.45) is 0 Å². The van der Waals surface area contributed by atoms with E-state index in [4.69, 9.17) is 37.4 Å². The molecule has 4 aromatic carbocycles. The number of thiazole rings is 1. The third kappa shape index (κ3) is 12.5. The molecule has 0 fully saturated rings. The summed E-state index contributed by atoms with van der Waals surface area (Å²) in [5.41, 5.74) is 1.12. The van der Waals surface area contributed by atoms with Crippen molar-refractivity contribution >= 4 is 74.0 Å². The number of nitrogens with zero attached hydrogens (tertiary/aromatic N) is 4. The van der Waals surface area contributed by atoms with E-state index in [2.05, 4.69) is 25.9 Å². The maximum Gasteiger partial charge on any atom is 0.258 e. The van der Waals surface area contributed by atoms with Crippen LogP contribution in [-0.2, 0) is 13.2 Å². The van der Waals surface area contributed by atoms with Gasteiger partial charge in [0.2, 0.25) is 0 Å². The van der Waals surface area contributed by atoms with Crippen molar-refractivity contribution in [3.63, 3.8) is 0 Å². The van der Waals surface area contributed by atoms with E-state index in [0.29, 0.717) is 34.7 Å². The first-order chi connectivity index (χ1) is 30.8. The Morgan fingerprint density at radius 1 is 0.828 bits per heavy atom. The van der Waals surface area contributed by atoms with E-state index in [0.717, 1.165) is 50.4 Å². The van der Waals surface area contributed by atoms with Crippen molar-refractivity contribution in [3.8, 4) is 17.2 Å². The lowest BCUT2D eigenvalue weighted by Crippen LogP contribution is -2.38. The number of benzene rings is 4. The number of fused-ring (bicyclic) bond motifs is 2. The molecule has 3 heterocycles. The second-order valence-corrected chi connectivity index (χ2v) is 17.2. The molecule has 12 nitrogen and oxygen atoms in total. The third-order valence-corrected chi connectivity index (χ3v) is 12.1. The number of methoxy groups -OCH3 is 1. The number of amides is 2. The quantitative estimate of drug-likeness (QED) is 0.0597. The Balaban J connectivity index is 0.000000216. The van der Waals surface area contributed by atoms with Gasteiger partial charge in [0, 0.05) is 17.8 Å². The zero-order chi connectivity index (χ0) is 45.9. The number of anilines is 1. The lowest BCUT2D eigenvalue weighted by atomic mass is 10.1. The summed E-state index contributed by atoms with van der Waals surface area (Å²) < 4.78 is 75.3. The molecule has 0 radical (unpaired) electrons. The molecule has 7 rings (SSSR count). The Morgan fingerprint density at radius 3 is 2.11 bits per heavy atom. The van der Waals surface area contributed by atoms with Gasteiger partial charge in [-0.05, 0) is 86.4 Å². The summed E-state index contributed by atoms with van der Waals surface area (Å²) in [5, 5.41) is 10.4. The number of carbonyl (C=O) groups is 2. The van der Waals surface area contributed by atoms with Gasteiger partial charge in [-0.1, -0.05) is 60.9 Å². The van der Waals surface area contributed by atoms with E-state index >= 15 is 4.39 Å². The molecule has 0 aliphatic carbocycles. The van der Waals surface area contributed by atoms with Crippen molar-refractivity contribution in [3.05, 3.63) is 134 Å². The van der Waals surface area contributed by atoms with Gasteiger partial charge >= 0.3 is 0 Å². The number of ether oxygens (including phenoxy) is 3. The molecule has 64 heavy (non-hydrogen) atoms. The highest BCUT2D eigenvalue weighted by atomic mass is 35.5. The van der Waals surface area contributed by atoms with Crippen molar-refractivity contribution in [2.45, 2.75) is 37.4 Å². The first kappa shape index (κ1) is 48.1. The molecule has 6 aromatic rings. The fourth-order valence-electron chi connectivity index (χ4n) is 6.17. The summed E-state index contributed by atoms with van der Waals surface area (Å²) in [5.74, 6) is -5.38. The van der Waals surface area contributed by atoms with Crippen LogP contribution in [0.15, 0.2) is 84.0 Å². The first-order valence-electron chi connectivity index (χ1n) is 19.7. The van der Waals surface area contributed by atoms with Gasteiger partial charge in [0.1, 0.15) is 57.1 Å². The van der Waals surface area contributed by atoms with E-state index in [1.165, 1.54) is 35.4 Å². The topological polar surface area (TPSA) is 130 Å². The molecule has 2 amide bonds. The minimum Gasteiger partial charge on any atom is -0.497 e. The van der Waals surface area contributed by atoms with Crippen LogP contribution in [0.3, 0.4) is 0 Å². The summed E-state index contributed by atoms with van der Waals surface area (Å²) in [6.45, 7) is 6.13. The highest BCUT2D eigenvalue weighted by molar-refractivity contribution is 8.00. The Kier molecular flexibility index (Phi) is 16.9. The molecular formula is C44H43Cl2F4N7O5S2. The highest BCUT2D eigenvalue weighted by Gasteiger charge is 2.27. The summed E-state index contributed by atoms with van der Waals surface area (Å²) in [6, 6.07) is 18.9. The minimum absolute atomic E-state index is 0.0139. The summed E-state index contributed by atoms with van der Waals surface area (Å²) in [6.07, 6.45) is 1.54. The fraction of sp³-hybridized carbons (Fsp3) is 0.273. The van der Waals surface area contributed by atoms with Gasteiger partial charge in [0.15, 0.2) is 23.1 Å². The van der Waals surface area contributed by atoms with Crippen LogP contribution in [0.25, 0.3) is 10.2 Å². The first-order valence-corrected chi connectivity index (χ1v) is 22.2. The lowest BCUT2D eigenvalue weighted by molar-refractivity contribution is 0.0908. The molecule has 3 N–H and O–H groups in total. The second-order valence-electron chi connectivity index (χ2n) is 14.0. The molecule has 0 bridgehead atoms. The molecule has 0 spiro atoms. The lowest BCUT2D eigenvalue weighted by Gasteiger charge is -2.19. The van der Waals surface area contributed by atoms with Gasteiger partial charge < -0.3 is 30.2 Å². The molecule has 1 atom stereocenters. The standard InChI is InChI=1S/C24H23ClF2N4O3S.C20H20ClF2N3O2S/c1-31(11-14-3-5-16(33-2)6-4-14)13-29-23(32)21-17(26)7-8-19(22(21)27)34-12-20-30-18-9-15(25)10-28-24(18)35-20;1-3-26(4-2)11-24-20(27)18-13(22)6-7-15(19(18)23)28-10-17-25-14-9-12(21)5-8-16(14)29-17/h3-10,20,30H,11-13H2,1-2H3,(H,29,32);5-9H,3-4,10-11H2,1-2H3,(H,24,27). The molecule has 0 saturated heterocycles. The van der Waals surface area contributed by atoms with E-state index in [9.17, 15) is 22.8 Å². The Hall–Kier alpha value is -5.37. The summed E-state index contributed by atoms with van der Waals surface area (Å²) in [7, 11) is 3.37. The van der Waals surface area contributed by atoms with Gasteiger partial charge in [-0.2, -0.15) is 0 Å². The van der Waals surface area contributed by atoms with E-state index in [-0.39, 0.29) is 43.4 Å². The number of nitrogens with one attached hydrogen (secondary N) is 3. The van der Waals surface area contributed by atoms with Crippen LogP contribution >= 0.6 is 46.3 Å². The SMILES string of the molecule is CCN(CC)CNC(=O)c1c(F)ccc(OCc2nc3cc(Cl)ccc3s2)c1F.COc1ccc(CN(C)CNC(=O)c2c(F)ccc(OCC3Nc4cc(Cl)cnc4S3)c2F)cc1. The minimum atomic E-state index is -1.05. The molecule has 1 unspecified atom stereocenters. The Bertz CT molecular complexity index is 2590. The van der Waals surface area contributed by atoms with Gasteiger partial charge in [-0.3, -0.25) is 19.4 Å². The van der Waals surface area contributed by atoms with Crippen LogP contribution in [0, 0.1) is 23.3 Å². The monoisotopic (exact) mass is 959 g/mol. The summed E-state index contributed by atoms with van der Waals surface area (Å²) >= 11 is 14.7. The smallest absolute Gasteiger partial charge is 0.258 e. The van der Waals surface area contributed by atoms with E-state index in [1.54, 1.807) is 37.3 Å². The third-order valence-electron chi connectivity index (χ3n) is 9.57. The average molecular weight is 961 g/mol. The van der Waals surface area contributed by atoms with Gasteiger partial charge in [-0.15, -0.1) is 11.3 Å². The molecule has 2 aromatic heterocycles. The second kappa shape index (κ2) is 22.5. The molecule has 338 valence electrons. The predicted molar refractivity (Wildman–Crippen MR) is 242 cm³/mol. The van der Waals surface area contributed by atoms with Crippen LogP contribution in [0.5, 0.6) is 17.2 Å². The zero-order valence-electron chi connectivity index (χ0n) is 34.9. The van der Waals surface area contributed by atoms with Crippen LogP contribution < -0.4 is 30.2 Å². The maximum absolute atomic E-state index is 15.0. The van der Waals surface area contributed by atoms with Crippen LogP contribution in [-0.4, -0.2) is 84.1 Å². The molecule has 1 aliphatic rings. The number of pyridine rings is 1. The van der Waals surface area contributed by atoms with Gasteiger partial charge in [0.05, 0.1) is 41.4 Å². The predicted octanol–water partition coefficient (Wildman–Crippen LogP) is 9.60. The van der Waals surface area contributed by atoms with Crippen LogP contribution in [0.1, 0.15) is 45.1 Å². The highest BCUT2D eigenvalue weighted by Crippen LogP contribution is 2.38. The number of carbonyl (C=O) groups excluding carboxylic acids is 2. The maximum atomic E-state index is 15.0. The largest absolute Gasteiger partial charge is 0.497 e. The number of halogens is 6. The number of aromatic nitrogens is 2. The van der Waals surface area contributed by atoms with Crippen molar-refractivity contribution in [2.75, 3.05) is 52.5 Å². The normalized spacial score (nSPS) is 13.0. The van der Waals surface area contributed by atoms with Crippen LogP contribution in [0.4, 0.5) is 23.2 Å². The molecular weight excluding hydrogens is 918 g/mol. The average Bonchev–Trinajstić information content (AvgIpc) is 3.88. The Morgan fingerprint density at radius 2 is 1.47 bits per heavy atom. The van der Waals surface area contributed by atoms with Gasteiger partial charge in [0.25, 0.3) is 11.8 Å². The number of rotatable bonds is 17. The summed E-state index contributed by atoms with van der Waals surface area (Å²) in [4.78, 5) is 37.2. The van der Waals surface area contributed by atoms with Crippen LogP contribution in [0.2, 0.25) is 10.0 Å².